The number of ether oxygens (including phenoxy) is 1. The van der Waals surface area contributed by atoms with Crippen molar-refractivity contribution < 1.29 is 22.3 Å². The average Bonchev–Trinajstić information content (AvgIpc) is 3.74. The molecule has 8 rings (SSSR count). The quantitative estimate of drug-likeness (QED) is 0.211. The lowest BCUT2D eigenvalue weighted by Gasteiger charge is -2.36. The van der Waals surface area contributed by atoms with Crippen LogP contribution in [-0.4, -0.2) is 70.8 Å². The number of nitrogens with two attached hydrogens (primary N) is 1. The van der Waals surface area contributed by atoms with Gasteiger partial charge in [0.25, 0.3) is 6.08 Å². The summed E-state index contributed by atoms with van der Waals surface area (Å²) in [6.45, 7) is 11.1. The van der Waals surface area contributed by atoms with Crippen molar-refractivity contribution in [2.45, 2.75) is 51.1 Å². The molecule has 3 fully saturated rings. The molecule has 9 nitrogen and oxygen atoms in total. The molecule has 0 aliphatic carbocycles. The lowest BCUT2D eigenvalue weighted by Crippen LogP contribution is -2.51. The van der Waals surface area contributed by atoms with Gasteiger partial charge in [0, 0.05) is 48.7 Å². The summed E-state index contributed by atoms with van der Waals surface area (Å²) in [6.07, 6.45) is 1.44. The van der Waals surface area contributed by atoms with Gasteiger partial charge in [0.05, 0.1) is 43.7 Å². The van der Waals surface area contributed by atoms with Crippen molar-refractivity contribution in [1.82, 2.24) is 25.2 Å². The van der Waals surface area contributed by atoms with Crippen LogP contribution in [0, 0.1) is 23.0 Å². The zero-order chi connectivity index (χ0) is 34.8. The lowest BCUT2D eigenvalue weighted by molar-refractivity contribution is 0.108. The number of nitrogens with zero attached hydrogens (tertiary/aromatic N) is 6. The van der Waals surface area contributed by atoms with Gasteiger partial charge in [-0.15, -0.1) is 11.3 Å². The molecule has 49 heavy (non-hydrogen) atoms. The summed E-state index contributed by atoms with van der Waals surface area (Å²) in [5.41, 5.74) is 6.22. The van der Waals surface area contributed by atoms with Crippen LogP contribution in [0.1, 0.15) is 50.7 Å². The fourth-order valence-electron chi connectivity index (χ4n) is 7.74. The SMILES string of the molecule is C=C1C[C@@H]2CNCCN2c2nc(OCC34CCCN3CC(=C(F)F)C4)nc3c(F)c(-c4ncc(F)c5sc(N)c(C#N)c45)c(Cl)c1c23.CC. The van der Waals surface area contributed by atoms with E-state index >= 15 is 4.39 Å². The molecular formula is C34H33ClF4N8OS. The fraction of sp³-hybridized carbons (Fsp3) is 0.412. The molecule has 3 saturated heterocycles. The first kappa shape index (κ1) is 33.5. The van der Waals surface area contributed by atoms with E-state index in [-0.39, 0.29) is 79.6 Å². The Labute approximate surface area is 289 Å². The Morgan fingerprint density at radius 1 is 1.24 bits per heavy atom. The summed E-state index contributed by atoms with van der Waals surface area (Å²) in [5.74, 6) is -1.14. The van der Waals surface area contributed by atoms with Crippen LogP contribution in [0.15, 0.2) is 24.4 Å². The summed E-state index contributed by atoms with van der Waals surface area (Å²) in [5, 5.41) is 13.8. The number of fused-ring (bicyclic) bond motifs is 4. The van der Waals surface area contributed by atoms with Gasteiger partial charge in [0.1, 0.15) is 29.0 Å². The first-order chi connectivity index (χ1) is 23.6. The second kappa shape index (κ2) is 12.7. The van der Waals surface area contributed by atoms with E-state index in [0.717, 1.165) is 24.0 Å². The second-order valence-electron chi connectivity index (χ2n) is 12.5. The number of benzene rings is 1. The highest BCUT2D eigenvalue weighted by atomic mass is 35.5. The fourth-order valence-corrected chi connectivity index (χ4v) is 9.06. The van der Waals surface area contributed by atoms with Crippen LogP contribution in [0.5, 0.6) is 6.01 Å². The molecule has 3 aromatic heterocycles. The minimum atomic E-state index is -1.67. The van der Waals surface area contributed by atoms with E-state index in [4.69, 9.17) is 27.1 Å². The Hall–Kier alpha value is -4.03. The molecule has 4 aliphatic rings. The Balaban J connectivity index is 0.00000186. The summed E-state index contributed by atoms with van der Waals surface area (Å²) in [7, 11) is 0. The largest absolute Gasteiger partial charge is 0.461 e. The van der Waals surface area contributed by atoms with Gasteiger partial charge in [-0.05, 0) is 37.8 Å². The molecule has 0 radical (unpaired) electrons. The van der Waals surface area contributed by atoms with Crippen molar-refractivity contribution >= 4 is 60.3 Å². The van der Waals surface area contributed by atoms with Gasteiger partial charge in [0.2, 0.25) is 0 Å². The number of hydrogen-bond acceptors (Lipinski definition) is 10. The maximum absolute atomic E-state index is 17.1. The van der Waals surface area contributed by atoms with Crippen molar-refractivity contribution in [2.24, 2.45) is 0 Å². The predicted molar refractivity (Wildman–Crippen MR) is 184 cm³/mol. The van der Waals surface area contributed by atoms with Crippen molar-refractivity contribution in [3.05, 3.63) is 52.2 Å². The Kier molecular flexibility index (Phi) is 8.67. The van der Waals surface area contributed by atoms with Crippen LogP contribution in [0.2, 0.25) is 5.02 Å². The molecule has 0 amide bonds. The van der Waals surface area contributed by atoms with Crippen LogP contribution < -0.4 is 20.7 Å². The van der Waals surface area contributed by atoms with Gasteiger partial charge < -0.3 is 20.7 Å². The van der Waals surface area contributed by atoms with E-state index in [0.29, 0.717) is 61.4 Å². The Bertz CT molecular complexity index is 2110. The van der Waals surface area contributed by atoms with Crippen LogP contribution in [0.4, 0.5) is 28.4 Å². The smallest absolute Gasteiger partial charge is 0.319 e. The topological polar surface area (TPSA) is 116 Å². The number of anilines is 2. The number of aromatic nitrogens is 3. The van der Waals surface area contributed by atoms with Gasteiger partial charge in [-0.25, -0.2) is 8.78 Å². The number of hydrogen-bond donors (Lipinski definition) is 2. The van der Waals surface area contributed by atoms with Gasteiger partial charge in [-0.1, -0.05) is 32.0 Å². The maximum atomic E-state index is 17.1. The molecule has 3 N–H and O–H groups in total. The van der Waals surface area contributed by atoms with E-state index in [1.807, 2.05) is 24.8 Å². The molecule has 0 bridgehead atoms. The molecule has 256 valence electrons. The first-order valence-corrected chi connectivity index (χ1v) is 17.4. The number of thiophene rings is 1. The highest BCUT2D eigenvalue weighted by Gasteiger charge is 2.48. The normalized spacial score (nSPS) is 21.7. The van der Waals surface area contributed by atoms with Gasteiger partial charge in [-0.3, -0.25) is 9.88 Å². The molecule has 0 spiro atoms. The zero-order valence-corrected chi connectivity index (χ0v) is 28.5. The zero-order valence-electron chi connectivity index (χ0n) is 26.9. The van der Waals surface area contributed by atoms with Crippen LogP contribution in [-0.2, 0) is 0 Å². The van der Waals surface area contributed by atoms with Crippen molar-refractivity contribution in [2.75, 3.05) is 50.0 Å². The third-order valence-electron chi connectivity index (χ3n) is 9.89. The van der Waals surface area contributed by atoms with Crippen molar-refractivity contribution in [3.8, 4) is 23.3 Å². The number of pyridine rings is 1. The molecule has 7 heterocycles. The van der Waals surface area contributed by atoms with E-state index < -0.39 is 23.3 Å². The minimum Gasteiger partial charge on any atom is -0.461 e. The minimum absolute atomic E-state index is 0.0144. The van der Waals surface area contributed by atoms with E-state index in [9.17, 15) is 18.4 Å². The van der Waals surface area contributed by atoms with E-state index in [1.165, 1.54) is 0 Å². The Morgan fingerprint density at radius 3 is 2.80 bits per heavy atom. The molecule has 2 atom stereocenters. The van der Waals surface area contributed by atoms with Gasteiger partial charge in [-0.2, -0.15) is 24.0 Å². The first-order valence-electron chi connectivity index (χ1n) is 16.2. The third-order valence-corrected chi connectivity index (χ3v) is 11.3. The molecule has 4 aliphatic heterocycles. The number of halogens is 5. The van der Waals surface area contributed by atoms with Crippen LogP contribution >= 0.6 is 22.9 Å². The standard InChI is InChI=1S/C32H27ClF4N8OS.C2H6/c1-14-7-16-10-40-4-6-45(16)30-21-19(14)23(33)22(25-20-17(9-38)29(39)47-27(20)18(34)11-41-25)24(35)26(21)42-31(43-30)46-13-32-3-2-5-44(32)12-15(8-32)28(36)37;1-2/h11,16,40H,1-8,10,12-13,39H2;1-2H3/t16-,32?;/m1./s1. The van der Waals surface area contributed by atoms with Gasteiger partial charge in [0.15, 0.2) is 11.6 Å². The number of piperazine rings is 1. The summed E-state index contributed by atoms with van der Waals surface area (Å²) >= 11 is 7.96. The third kappa shape index (κ3) is 5.21. The summed E-state index contributed by atoms with van der Waals surface area (Å²) in [6, 6.07) is 1.80. The molecule has 15 heteroatoms. The highest BCUT2D eigenvalue weighted by molar-refractivity contribution is 7.23. The lowest BCUT2D eigenvalue weighted by atomic mass is 9.93. The summed E-state index contributed by atoms with van der Waals surface area (Å²) < 4.78 is 65.6. The average molecular weight is 713 g/mol. The van der Waals surface area contributed by atoms with E-state index in [1.54, 1.807) is 0 Å². The molecule has 4 aromatic rings. The predicted octanol–water partition coefficient (Wildman–Crippen LogP) is 7.28. The monoisotopic (exact) mass is 712 g/mol. The maximum Gasteiger partial charge on any atom is 0.319 e. The van der Waals surface area contributed by atoms with Crippen LogP contribution in [0.25, 0.3) is 37.8 Å². The van der Waals surface area contributed by atoms with Crippen molar-refractivity contribution in [3.63, 3.8) is 0 Å². The van der Waals surface area contributed by atoms with Crippen LogP contribution in [0.3, 0.4) is 0 Å². The summed E-state index contributed by atoms with van der Waals surface area (Å²) in [4.78, 5) is 17.7. The van der Waals surface area contributed by atoms with Gasteiger partial charge >= 0.3 is 6.01 Å². The van der Waals surface area contributed by atoms with E-state index in [2.05, 4.69) is 26.8 Å². The number of nitrogen functional groups attached to an aromatic ring is 1. The van der Waals surface area contributed by atoms with Crippen molar-refractivity contribution in [1.29, 1.82) is 5.26 Å². The molecule has 1 aromatic carbocycles. The number of nitriles is 1. The number of nitrogens with one attached hydrogen (secondary N) is 1. The second-order valence-corrected chi connectivity index (χ2v) is 13.9. The molecular weight excluding hydrogens is 680 g/mol. The molecule has 1 unspecified atom stereocenters. The number of rotatable bonds is 4. The highest BCUT2D eigenvalue weighted by Crippen LogP contribution is 2.50. The Morgan fingerprint density at radius 2 is 2.04 bits per heavy atom. The molecule has 0 saturated carbocycles.